The molecule has 0 radical (unpaired) electrons. The fourth-order valence-electron chi connectivity index (χ4n) is 2.55. The summed E-state index contributed by atoms with van der Waals surface area (Å²) >= 11 is 1.50. The van der Waals surface area contributed by atoms with E-state index in [1.165, 1.54) is 17.6 Å². The number of rotatable bonds is 6. The van der Waals surface area contributed by atoms with Crippen LogP contribution in [0, 0.1) is 0 Å². The highest BCUT2D eigenvalue weighted by Gasteiger charge is 2.19. The summed E-state index contributed by atoms with van der Waals surface area (Å²) in [7, 11) is 1.55. The van der Waals surface area contributed by atoms with E-state index >= 15 is 0 Å². The molecule has 27 heavy (non-hydrogen) atoms. The standard InChI is InChI=1S/C18H16N4O4S/c1-24-13-6-11(7-14-17(13)26-10-25-14)8-20-22-16(23)9-19-18-21-12-4-2-3-5-15(12)27-18/h2-8H,9-10H2,1H3,(H,19,21)(H,22,23)/b20-8-. The quantitative estimate of drug-likeness (QED) is 0.501. The van der Waals surface area contributed by atoms with Crippen molar-refractivity contribution in [2.45, 2.75) is 0 Å². The zero-order valence-corrected chi connectivity index (χ0v) is 15.2. The van der Waals surface area contributed by atoms with Crippen molar-refractivity contribution in [1.29, 1.82) is 0 Å². The molecule has 1 amide bonds. The fourth-order valence-corrected chi connectivity index (χ4v) is 3.41. The maximum Gasteiger partial charge on any atom is 0.259 e. The second-order valence-electron chi connectivity index (χ2n) is 5.59. The van der Waals surface area contributed by atoms with Crippen molar-refractivity contribution >= 4 is 38.8 Å². The van der Waals surface area contributed by atoms with E-state index in [-0.39, 0.29) is 19.2 Å². The maximum absolute atomic E-state index is 12.0. The predicted molar refractivity (Wildman–Crippen MR) is 103 cm³/mol. The van der Waals surface area contributed by atoms with E-state index in [9.17, 15) is 4.79 Å². The Bertz CT molecular complexity index is 985. The van der Waals surface area contributed by atoms with E-state index in [0.29, 0.717) is 22.4 Å². The number of nitrogens with zero attached hydrogens (tertiary/aromatic N) is 2. The second kappa shape index (κ2) is 7.50. The van der Waals surface area contributed by atoms with Crippen LogP contribution in [0.15, 0.2) is 41.5 Å². The average Bonchev–Trinajstić information content (AvgIpc) is 3.32. The number of amides is 1. The summed E-state index contributed by atoms with van der Waals surface area (Å²) in [5.74, 6) is 1.42. The van der Waals surface area contributed by atoms with Crippen molar-refractivity contribution in [2.24, 2.45) is 5.10 Å². The smallest absolute Gasteiger partial charge is 0.259 e. The number of carbonyl (C=O) groups excluding carboxylic acids is 1. The lowest BCUT2D eigenvalue weighted by Gasteiger charge is -2.05. The minimum absolute atomic E-state index is 0.0711. The van der Waals surface area contributed by atoms with E-state index in [2.05, 4.69) is 20.8 Å². The maximum atomic E-state index is 12.0. The van der Waals surface area contributed by atoms with Gasteiger partial charge in [0.15, 0.2) is 16.6 Å². The topological polar surface area (TPSA) is 94.1 Å². The van der Waals surface area contributed by atoms with Gasteiger partial charge >= 0.3 is 0 Å². The number of anilines is 1. The Kier molecular flexibility index (Phi) is 4.75. The van der Waals surface area contributed by atoms with E-state index in [1.54, 1.807) is 19.2 Å². The first kappa shape index (κ1) is 17.1. The Morgan fingerprint density at radius 2 is 2.26 bits per heavy atom. The number of benzene rings is 2. The first-order chi connectivity index (χ1) is 13.2. The SMILES string of the molecule is COc1cc(/C=N\NC(=O)CNc2nc3ccccc3s2)cc2c1OCO2. The molecular formula is C18H16N4O4S. The molecule has 0 bridgehead atoms. The molecule has 1 aliphatic rings. The lowest BCUT2D eigenvalue weighted by atomic mass is 10.2. The van der Waals surface area contributed by atoms with Crippen molar-refractivity contribution in [3.05, 3.63) is 42.0 Å². The Balaban J connectivity index is 1.33. The summed E-state index contributed by atoms with van der Waals surface area (Å²) in [5, 5.41) is 7.65. The molecule has 0 fully saturated rings. The number of methoxy groups -OCH3 is 1. The first-order valence-electron chi connectivity index (χ1n) is 8.12. The lowest BCUT2D eigenvalue weighted by Crippen LogP contribution is -2.25. The van der Waals surface area contributed by atoms with Crippen LogP contribution >= 0.6 is 11.3 Å². The van der Waals surface area contributed by atoms with Gasteiger partial charge in [-0.15, -0.1) is 0 Å². The number of aromatic nitrogens is 1. The third kappa shape index (κ3) is 3.77. The van der Waals surface area contributed by atoms with Crippen LogP contribution in [-0.2, 0) is 4.79 Å². The van der Waals surface area contributed by atoms with Crippen molar-refractivity contribution in [3.8, 4) is 17.2 Å². The molecule has 0 atom stereocenters. The van der Waals surface area contributed by atoms with Crippen LogP contribution in [0.5, 0.6) is 17.2 Å². The second-order valence-corrected chi connectivity index (χ2v) is 6.62. The summed E-state index contributed by atoms with van der Waals surface area (Å²) in [6.45, 7) is 0.224. The molecule has 0 saturated carbocycles. The van der Waals surface area contributed by atoms with Gasteiger partial charge < -0.3 is 19.5 Å². The highest BCUT2D eigenvalue weighted by Crippen LogP contribution is 2.41. The van der Waals surface area contributed by atoms with E-state index in [1.807, 2.05) is 24.3 Å². The molecule has 1 aliphatic heterocycles. The molecule has 2 aromatic carbocycles. The van der Waals surface area contributed by atoms with Gasteiger partial charge in [-0.1, -0.05) is 23.5 Å². The predicted octanol–water partition coefficient (Wildman–Crippen LogP) is 2.60. The van der Waals surface area contributed by atoms with Gasteiger partial charge in [-0.2, -0.15) is 5.10 Å². The Morgan fingerprint density at radius 1 is 1.37 bits per heavy atom. The summed E-state index contributed by atoms with van der Waals surface area (Å²) in [6.07, 6.45) is 1.51. The van der Waals surface area contributed by atoms with Gasteiger partial charge in [0.05, 0.1) is 30.1 Å². The minimum Gasteiger partial charge on any atom is -0.493 e. The molecule has 0 saturated heterocycles. The van der Waals surface area contributed by atoms with Crippen molar-refractivity contribution in [3.63, 3.8) is 0 Å². The number of hydrogen-bond acceptors (Lipinski definition) is 8. The molecule has 3 aromatic rings. The molecule has 1 aromatic heterocycles. The number of thiazole rings is 1. The summed E-state index contributed by atoms with van der Waals surface area (Å²) in [5.41, 5.74) is 4.09. The number of carbonyl (C=O) groups is 1. The molecule has 4 rings (SSSR count). The van der Waals surface area contributed by atoms with Gasteiger partial charge in [-0.25, -0.2) is 10.4 Å². The van der Waals surface area contributed by atoms with Crippen LogP contribution in [0.1, 0.15) is 5.56 Å². The van der Waals surface area contributed by atoms with Gasteiger partial charge in [0.2, 0.25) is 12.5 Å². The number of hydrogen-bond donors (Lipinski definition) is 2. The largest absolute Gasteiger partial charge is 0.493 e. The number of fused-ring (bicyclic) bond motifs is 2. The van der Waals surface area contributed by atoms with Crippen LogP contribution < -0.4 is 25.0 Å². The third-order valence-electron chi connectivity index (χ3n) is 3.78. The number of nitrogens with one attached hydrogen (secondary N) is 2. The van der Waals surface area contributed by atoms with Crippen molar-refractivity contribution in [1.82, 2.24) is 10.4 Å². The normalized spacial score (nSPS) is 12.5. The fraction of sp³-hybridized carbons (Fsp3) is 0.167. The van der Waals surface area contributed by atoms with Gasteiger partial charge in [0.1, 0.15) is 0 Å². The first-order valence-corrected chi connectivity index (χ1v) is 8.93. The van der Waals surface area contributed by atoms with Crippen LogP contribution in [0.3, 0.4) is 0 Å². The zero-order chi connectivity index (χ0) is 18.6. The molecular weight excluding hydrogens is 368 g/mol. The van der Waals surface area contributed by atoms with Gasteiger partial charge in [0, 0.05) is 5.56 Å². The average molecular weight is 384 g/mol. The van der Waals surface area contributed by atoms with Gasteiger partial charge in [-0.3, -0.25) is 4.79 Å². The molecule has 0 unspecified atom stereocenters. The van der Waals surface area contributed by atoms with Crippen molar-refractivity contribution < 1.29 is 19.0 Å². The molecule has 0 spiro atoms. The number of ether oxygens (including phenoxy) is 3. The van der Waals surface area contributed by atoms with E-state index in [4.69, 9.17) is 14.2 Å². The highest BCUT2D eigenvalue weighted by molar-refractivity contribution is 7.22. The lowest BCUT2D eigenvalue weighted by molar-refractivity contribution is -0.119. The monoisotopic (exact) mass is 384 g/mol. The minimum atomic E-state index is -0.279. The Labute approximate surface area is 158 Å². The third-order valence-corrected chi connectivity index (χ3v) is 4.77. The summed E-state index contributed by atoms with van der Waals surface area (Å²) < 4.78 is 17.0. The molecule has 2 heterocycles. The number of hydrazone groups is 1. The van der Waals surface area contributed by atoms with Gasteiger partial charge in [-0.05, 0) is 24.3 Å². The van der Waals surface area contributed by atoms with E-state index in [0.717, 1.165) is 15.8 Å². The highest BCUT2D eigenvalue weighted by atomic mass is 32.1. The Morgan fingerprint density at radius 3 is 3.11 bits per heavy atom. The molecule has 138 valence electrons. The van der Waals surface area contributed by atoms with Crippen LogP contribution in [0.25, 0.3) is 10.2 Å². The van der Waals surface area contributed by atoms with Gasteiger partial charge in [0.25, 0.3) is 5.91 Å². The van der Waals surface area contributed by atoms with Crippen LogP contribution in [0.4, 0.5) is 5.13 Å². The van der Waals surface area contributed by atoms with Crippen LogP contribution in [-0.4, -0.2) is 37.6 Å². The van der Waals surface area contributed by atoms with E-state index < -0.39 is 0 Å². The summed E-state index contributed by atoms with van der Waals surface area (Å²) in [6, 6.07) is 11.3. The number of para-hydroxylation sites is 1. The molecule has 0 aliphatic carbocycles. The Hall–Kier alpha value is -3.33. The molecule has 9 heteroatoms. The summed E-state index contributed by atoms with van der Waals surface area (Å²) in [4.78, 5) is 16.4. The van der Waals surface area contributed by atoms with Crippen LogP contribution in [0.2, 0.25) is 0 Å². The van der Waals surface area contributed by atoms with Crippen molar-refractivity contribution in [2.75, 3.05) is 25.8 Å². The molecule has 2 N–H and O–H groups in total. The zero-order valence-electron chi connectivity index (χ0n) is 14.4. The molecule has 8 nitrogen and oxygen atoms in total.